The van der Waals surface area contributed by atoms with Crippen molar-refractivity contribution in [3.63, 3.8) is 0 Å². The van der Waals surface area contributed by atoms with E-state index in [1.165, 1.54) is 19.1 Å². The summed E-state index contributed by atoms with van der Waals surface area (Å²) in [6.45, 7) is 1.20. The lowest BCUT2D eigenvalue weighted by Crippen LogP contribution is -2.42. The summed E-state index contributed by atoms with van der Waals surface area (Å²) in [5, 5.41) is 0. The van der Waals surface area contributed by atoms with Gasteiger partial charge < -0.3 is 4.18 Å². The molecule has 1 heterocycles. The van der Waals surface area contributed by atoms with Gasteiger partial charge in [-0.15, -0.1) is 0 Å². The SMILES string of the molecule is C[C@@H]1NS(=O)(=O)c2ccccc2S(=O)(=O)OC1=O. The summed E-state index contributed by atoms with van der Waals surface area (Å²) >= 11 is 0. The summed E-state index contributed by atoms with van der Waals surface area (Å²) in [5.41, 5.74) is 0. The molecule has 0 bridgehead atoms. The average Bonchev–Trinajstić information content (AvgIpc) is 2.27. The number of rotatable bonds is 0. The molecule has 0 unspecified atom stereocenters. The molecule has 0 aliphatic carbocycles. The fourth-order valence-corrected chi connectivity index (χ4v) is 4.37. The number of carbonyl (C=O) groups is 1. The van der Waals surface area contributed by atoms with Gasteiger partial charge in [0.05, 0.1) is 0 Å². The van der Waals surface area contributed by atoms with Crippen molar-refractivity contribution in [1.82, 2.24) is 4.72 Å². The first-order valence-electron chi connectivity index (χ1n) is 4.84. The van der Waals surface area contributed by atoms with Gasteiger partial charge >= 0.3 is 16.1 Å². The summed E-state index contributed by atoms with van der Waals surface area (Å²) in [4.78, 5) is 10.4. The maximum absolute atomic E-state index is 11.9. The molecule has 7 nitrogen and oxygen atoms in total. The van der Waals surface area contributed by atoms with Crippen LogP contribution in [0.1, 0.15) is 6.92 Å². The molecule has 1 N–H and O–H groups in total. The zero-order valence-corrected chi connectivity index (χ0v) is 10.8. The molecular weight excluding hydrogens is 282 g/mol. The Bertz CT molecular complexity index is 706. The van der Waals surface area contributed by atoms with Crippen molar-refractivity contribution in [3.8, 4) is 0 Å². The van der Waals surface area contributed by atoms with Gasteiger partial charge in [-0.05, 0) is 19.1 Å². The molecule has 0 amide bonds. The summed E-state index contributed by atoms with van der Waals surface area (Å²) in [6, 6.07) is 3.62. The topological polar surface area (TPSA) is 107 Å². The number of nitrogens with one attached hydrogen (secondary N) is 1. The largest absolute Gasteiger partial charge is 0.343 e. The minimum absolute atomic E-state index is 0.440. The van der Waals surface area contributed by atoms with Gasteiger partial charge in [0.2, 0.25) is 10.0 Å². The van der Waals surface area contributed by atoms with Crippen LogP contribution in [0.4, 0.5) is 0 Å². The van der Waals surface area contributed by atoms with Gasteiger partial charge in [-0.1, -0.05) is 12.1 Å². The zero-order valence-electron chi connectivity index (χ0n) is 9.15. The summed E-state index contributed by atoms with van der Waals surface area (Å²) in [7, 11) is -8.51. The summed E-state index contributed by atoms with van der Waals surface area (Å²) < 4.78 is 53.7. The molecule has 0 saturated heterocycles. The maximum atomic E-state index is 11.9. The summed E-state index contributed by atoms with van der Waals surface area (Å²) in [6.07, 6.45) is 0. The number of hydrogen-bond donors (Lipinski definition) is 1. The Hall–Kier alpha value is -1.45. The molecule has 0 spiro atoms. The van der Waals surface area contributed by atoms with Crippen LogP contribution in [0.2, 0.25) is 0 Å². The molecule has 0 aromatic heterocycles. The smallest absolute Gasteiger partial charge is 0.340 e. The normalized spacial score (nSPS) is 25.4. The quantitative estimate of drug-likeness (QED) is 0.652. The highest BCUT2D eigenvalue weighted by Gasteiger charge is 2.36. The standard InChI is InChI=1S/C9H9NO6S2/c1-6-9(11)16-18(14,15)8-5-3-2-4-7(8)17(12,13)10-6/h2-6,10H,1H3/t6-/m0/s1. The molecule has 0 fully saturated rings. The zero-order chi connectivity index (χ0) is 13.6. The van der Waals surface area contributed by atoms with Gasteiger partial charge in [0.1, 0.15) is 15.8 Å². The molecule has 18 heavy (non-hydrogen) atoms. The lowest BCUT2D eigenvalue weighted by molar-refractivity contribution is -0.135. The van der Waals surface area contributed by atoms with Crippen LogP contribution in [0, 0.1) is 0 Å². The van der Waals surface area contributed by atoms with E-state index < -0.39 is 41.9 Å². The Kier molecular flexibility index (Phi) is 2.92. The first-order valence-corrected chi connectivity index (χ1v) is 7.73. The van der Waals surface area contributed by atoms with E-state index in [4.69, 9.17) is 0 Å². The van der Waals surface area contributed by atoms with Crippen molar-refractivity contribution in [2.75, 3.05) is 0 Å². The molecule has 2 rings (SSSR count). The van der Waals surface area contributed by atoms with E-state index in [1.54, 1.807) is 0 Å². The minimum atomic E-state index is -4.42. The van der Waals surface area contributed by atoms with Gasteiger partial charge in [0, 0.05) is 0 Å². The van der Waals surface area contributed by atoms with Crippen LogP contribution in [0.25, 0.3) is 0 Å². The molecular formula is C9H9NO6S2. The third kappa shape index (κ3) is 2.11. The van der Waals surface area contributed by atoms with Gasteiger partial charge in [-0.25, -0.2) is 13.2 Å². The molecule has 1 aliphatic heterocycles. The molecule has 1 aromatic carbocycles. The van der Waals surface area contributed by atoms with Crippen LogP contribution in [0.5, 0.6) is 0 Å². The number of sulfonamides is 1. The van der Waals surface area contributed by atoms with Crippen molar-refractivity contribution < 1.29 is 25.8 Å². The maximum Gasteiger partial charge on any atom is 0.343 e. The van der Waals surface area contributed by atoms with Gasteiger partial charge in [0.25, 0.3) is 0 Å². The monoisotopic (exact) mass is 291 g/mol. The molecule has 0 radical (unpaired) electrons. The first-order chi connectivity index (χ1) is 8.24. The Morgan fingerprint density at radius 1 is 1.11 bits per heavy atom. The van der Waals surface area contributed by atoms with Crippen LogP contribution in [0.15, 0.2) is 34.1 Å². The van der Waals surface area contributed by atoms with Crippen LogP contribution in [-0.4, -0.2) is 28.8 Å². The van der Waals surface area contributed by atoms with Crippen molar-refractivity contribution in [2.45, 2.75) is 22.8 Å². The predicted molar refractivity (Wildman–Crippen MR) is 59.5 cm³/mol. The Labute approximate surface area is 104 Å². The van der Waals surface area contributed by atoms with Crippen molar-refractivity contribution in [3.05, 3.63) is 24.3 Å². The van der Waals surface area contributed by atoms with Gasteiger partial charge in [-0.3, -0.25) is 0 Å². The van der Waals surface area contributed by atoms with Crippen molar-refractivity contribution >= 4 is 26.1 Å². The van der Waals surface area contributed by atoms with E-state index in [1.807, 2.05) is 4.72 Å². The van der Waals surface area contributed by atoms with E-state index in [2.05, 4.69) is 4.18 Å². The molecule has 0 saturated carbocycles. The third-order valence-electron chi connectivity index (χ3n) is 2.29. The van der Waals surface area contributed by atoms with E-state index in [-0.39, 0.29) is 0 Å². The number of hydrogen-bond acceptors (Lipinski definition) is 6. The highest BCUT2D eigenvalue weighted by atomic mass is 32.2. The Balaban J connectivity index is 2.79. The number of fused-ring (bicyclic) bond motifs is 1. The fourth-order valence-electron chi connectivity index (χ4n) is 1.45. The highest BCUT2D eigenvalue weighted by molar-refractivity contribution is 7.91. The molecule has 9 heteroatoms. The van der Waals surface area contributed by atoms with Crippen molar-refractivity contribution in [2.24, 2.45) is 0 Å². The molecule has 1 atom stereocenters. The van der Waals surface area contributed by atoms with E-state index in [9.17, 15) is 21.6 Å². The van der Waals surface area contributed by atoms with Crippen LogP contribution in [-0.2, 0) is 29.1 Å². The average molecular weight is 291 g/mol. The van der Waals surface area contributed by atoms with E-state index >= 15 is 0 Å². The third-order valence-corrected chi connectivity index (χ3v) is 5.29. The predicted octanol–water partition coefficient (Wildman–Crippen LogP) is -0.401. The molecule has 1 aliphatic rings. The Morgan fingerprint density at radius 3 is 2.28 bits per heavy atom. The second kappa shape index (κ2) is 4.04. The van der Waals surface area contributed by atoms with Gasteiger partial charge in [0.15, 0.2) is 0 Å². The second-order valence-corrected chi connectivity index (χ2v) is 6.84. The Morgan fingerprint density at radius 2 is 1.67 bits per heavy atom. The van der Waals surface area contributed by atoms with Crippen LogP contribution in [0.3, 0.4) is 0 Å². The van der Waals surface area contributed by atoms with Crippen LogP contribution >= 0.6 is 0 Å². The fraction of sp³-hybridized carbons (Fsp3) is 0.222. The van der Waals surface area contributed by atoms with E-state index in [0.717, 1.165) is 12.1 Å². The minimum Gasteiger partial charge on any atom is -0.340 e. The molecule has 1 aromatic rings. The van der Waals surface area contributed by atoms with E-state index in [0.29, 0.717) is 0 Å². The van der Waals surface area contributed by atoms with Crippen LogP contribution < -0.4 is 4.72 Å². The van der Waals surface area contributed by atoms with Crippen molar-refractivity contribution in [1.29, 1.82) is 0 Å². The lowest BCUT2D eigenvalue weighted by Gasteiger charge is -2.19. The summed E-state index contributed by atoms with van der Waals surface area (Å²) in [5.74, 6) is -1.17. The second-order valence-electron chi connectivity index (χ2n) is 3.65. The number of carbonyl (C=O) groups excluding carboxylic acids is 1. The lowest BCUT2D eigenvalue weighted by atomic mass is 10.4. The molecule has 98 valence electrons. The first kappa shape index (κ1) is 13.0. The highest BCUT2D eigenvalue weighted by Crippen LogP contribution is 2.24. The number of benzene rings is 1. The van der Waals surface area contributed by atoms with Gasteiger partial charge in [-0.2, -0.15) is 13.1 Å².